The predicted octanol–water partition coefficient (Wildman–Crippen LogP) is 24.2. The molecule has 4 aliphatic carbocycles. The van der Waals surface area contributed by atoms with E-state index in [1.54, 1.807) is 12.1 Å². The third-order valence-electron chi connectivity index (χ3n) is 23.7. The molecule has 0 amide bonds. The number of carbonyl (C=O) groups is 4. The van der Waals surface area contributed by atoms with Crippen molar-refractivity contribution in [1.29, 1.82) is 0 Å². The van der Waals surface area contributed by atoms with Crippen molar-refractivity contribution in [3.63, 3.8) is 0 Å². The van der Waals surface area contributed by atoms with Crippen LogP contribution in [0.4, 0.5) is 0 Å². The number of esters is 4. The molecule has 10 unspecified atom stereocenters. The second-order valence-electron chi connectivity index (χ2n) is 32.7. The van der Waals surface area contributed by atoms with Crippen LogP contribution in [0.3, 0.4) is 0 Å². The Morgan fingerprint density at radius 3 is 0.669 bits per heavy atom. The van der Waals surface area contributed by atoms with Crippen molar-refractivity contribution in [3.05, 3.63) is 215 Å². The highest BCUT2D eigenvalue weighted by Crippen LogP contribution is 2.55. The van der Waals surface area contributed by atoms with Crippen molar-refractivity contribution in [2.75, 3.05) is 52.9 Å². The third-order valence-corrected chi connectivity index (χ3v) is 23.7. The summed E-state index contributed by atoms with van der Waals surface area (Å²) in [7, 11) is 0. The van der Waals surface area contributed by atoms with Crippen molar-refractivity contribution in [3.8, 4) is 69.0 Å². The molecule has 0 heterocycles. The first-order valence-electron chi connectivity index (χ1n) is 43.7. The predicted molar refractivity (Wildman–Crippen MR) is 463 cm³/mol. The van der Waals surface area contributed by atoms with Crippen LogP contribution in [0.1, 0.15) is 240 Å². The van der Waals surface area contributed by atoms with Gasteiger partial charge in [-0.1, -0.05) is 167 Å². The minimum atomic E-state index is -0.508. The number of unbranched alkanes of at least 4 members (excludes halogenated alkanes) is 6. The quantitative estimate of drug-likeness (QED) is 0.0152. The van der Waals surface area contributed by atoms with Gasteiger partial charge in [-0.2, -0.15) is 0 Å². The van der Waals surface area contributed by atoms with E-state index in [4.69, 9.17) is 56.8 Å². The highest BCUT2D eigenvalue weighted by atomic mass is 16.6. The van der Waals surface area contributed by atoms with Crippen molar-refractivity contribution in [2.45, 2.75) is 206 Å². The molecule has 118 heavy (non-hydrogen) atoms. The molecule has 4 saturated carbocycles. The molecule has 0 bridgehead atoms. The molecule has 0 radical (unpaired) electrons. The van der Waals surface area contributed by atoms with Gasteiger partial charge in [0.05, 0.1) is 76.5 Å². The zero-order valence-electron chi connectivity index (χ0n) is 70.0. The van der Waals surface area contributed by atoms with Crippen molar-refractivity contribution < 1.29 is 76.0 Å². The summed E-state index contributed by atoms with van der Waals surface area (Å²) in [6.45, 7) is 21.4. The van der Waals surface area contributed by atoms with E-state index >= 15 is 19.2 Å². The lowest BCUT2D eigenvalue weighted by Gasteiger charge is -2.20. The fourth-order valence-corrected chi connectivity index (χ4v) is 15.7. The Hall–Kier alpha value is -10.7. The number of fused-ring (bicyclic) bond motifs is 6. The smallest absolute Gasteiger partial charge is 0.315 e. The van der Waals surface area contributed by atoms with Gasteiger partial charge < -0.3 is 56.8 Å². The van der Waals surface area contributed by atoms with Gasteiger partial charge in [-0.25, -0.2) is 0 Å². The van der Waals surface area contributed by atoms with Gasteiger partial charge in [-0.15, -0.1) is 0 Å². The zero-order valence-corrected chi connectivity index (χ0v) is 70.0. The molecule has 10 atom stereocenters. The lowest BCUT2D eigenvalue weighted by Crippen LogP contribution is -2.15. The van der Waals surface area contributed by atoms with Crippen molar-refractivity contribution in [2.24, 2.45) is 23.7 Å². The van der Waals surface area contributed by atoms with Crippen LogP contribution in [-0.4, -0.2) is 76.7 Å². The lowest BCUT2D eigenvalue weighted by atomic mass is 9.93. The average Bonchev–Trinajstić information content (AvgIpc) is 1.19. The lowest BCUT2D eigenvalue weighted by molar-refractivity contribution is -0.138. The van der Waals surface area contributed by atoms with Crippen LogP contribution in [0.5, 0.6) is 69.0 Å². The number of benzene rings is 10. The van der Waals surface area contributed by atoms with Crippen molar-refractivity contribution in [1.82, 2.24) is 0 Å². The molecule has 16 heteroatoms. The molecule has 0 aliphatic heterocycles. The Labute approximate surface area is 695 Å². The van der Waals surface area contributed by atoms with E-state index in [9.17, 15) is 0 Å². The number of rotatable bonds is 46. The van der Waals surface area contributed by atoms with E-state index in [0.717, 1.165) is 145 Å². The molecule has 0 aromatic heterocycles. The van der Waals surface area contributed by atoms with Crippen LogP contribution in [0.2, 0.25) is 0 Å². The number of carbonyl (C=O) groups excluding carboxylic acids is 4. The summed E-state index contributed by atoms with van der Waals surface area (Å²) in [4.78, 5) is 60.2. The van der Waals surface area contributed by atoms with Gasteiger partial charge in [0.25, 0.3) is 0 Å². The normalized spacial score (nSPS) is 18.7. The first kappa shape index (κ1) is 83.7. The first-order valence-corrected chi connectivity index (χ1v) is 43.7. The summed E-state index contributed by atoms with van der Waals surface area (Å²) in [5, 5.41) is 3.61. The molecule has 0 N–H and O–H groups in total. The van der Waals surface area contributed by atoms with E-state index < -0.39 is 47.5 Å². The standard InChI is InChI=1S/C102H116O16/c1-9-15-47-107-73-33-21-67(22-34-73)65(7)45-53-113-93-59-83-84-60-94(114-54-46-66(8)68-23-35-74(36-24-68)108-48-16-10-2)96(116-100(104)90-56-80(90)70-27-39-76(40-28-70)110-50-18-12-4)62-86(84)88-64-98(118-102(106)92-58-82(92)72-31-43-78(44-32-72)112-52-20-14-6)97(117-101(105)91-57-81(91)71-29-41-77(42-30-71)111-51-19-13-5)63-87(88)85(83)61-95(93)115-99(103)89-55-79(89)69-25-37-75(38-26-69)109-49-17-11-3/h21-44,59-66,79-82,89-92H,9-20,45-58H2,1-8H3. The Kier molecular flexibility index (Phi) is 28.5. The summed E-state index contributed by atoms with van der Waals surface area (Å²) in [5.74, 6) is 1.80. The molecule has 0 spiro atoms. The molecule has 620 valence electrons. The molecule has 10 aromatic rings. The Morgan fingerprint density at radius 2 is 0.458 bits per heavy atom. The minimum Gasteiger partial charge on any atom is -0.494 e. The zero-order chi connectivity index (χ0) is 82.0. The number of hydrogen-bond acceptors (Lipinski definition) is 16. The Morgan fingerprint density at radius 1 is 0.263 bits per heavy atom. The van der Waals surface area contributed by atoms with E-state index in [0.29, 0.717) is 122 Å². The third kappa shape index (κ3) is 21.4. The van der Waals surface area contributed by atoms with Crippen LogP contribution in [-0.2, 0) is 19.2 Å². The van der Waals surface area contributed by atoms with Crippen LogP contribution in [0, 0.1) is 23.7 Å². The molecule has 4 aliphatic rings. The summed E-state index contributed by atoms with van der Waals surface area (Å²) in [6, 6.07) is 59.4. The maximum atomic E-state index is 15.1. The summed E-state index contributed by atoms with van der Waals surface area (Å²) in [6.07, 6.45) is 15.3. The summed E-state index contributed by atoms with van der Waals surface area (Å²) < 4.78 is 77.0. The molecule has 0 saturated heterocycles. The van der Waals surface area contributed by atoms with Crippen LogP contribution < -0.4 is 56.8 Å². The van der Waals surface area contributed by atoms with Gasteiger partial charge in [0.15, 0.2) is 34.5 Å². The summed E-state index contributed by atoms with van der Waals surface area (Å²) in [5.41, 5.74) is 6.24. The topological polar surface area (TPSA) is 179 Å². The monoisotopic (exact) mass is 1600 g/mol. The minimum absolute atomic E-state index is 0.0262. The van der Waals surface area contributed by atoms with E-state index in [-0.39, 0.29) is 71.7 Å². The fraction of sp³-hybridized carbons (Fsp3) is 0.431. The molecule has 16 nitrogen and oxygen atoms in total. The van der Waals surface area contributed by atoms with Gasteiger partial charge in [0, 0.05) is 0 Å². The second kappa shape index (κ2) is 40.1. The van der Waals surface area contributed by atoms with Crippen LogP contribution in [0.25, 0.3) is 32.3 Å². The van der Waals surface area contributed by atoms with Crippen molar-refractivity contribution >= 4 is 56.2 Å². The average molecular weight is 1600 g/mol. The number of hydrogen-bond donors (Lipinski definition) is 0. The van der Waals surface area contributed by atoms with Gasteiger partial charge >= 0.3 is 23.9 Å². The van der Waals surface area contributed by atoms with Gasteiger partial charge in [0.1, 0.15) is 34.5 Å². The molecular weight excluding hydrogens is 1480 g/mol. The van der Waals surface area contributed by atoms with Gasteiger partial charge in [-0.05, 0) is 287 Å². The highest BCUT2D eigenvalue weighted by molar-refractivity contribution is 6.27. The maximum Gasteiger partial charge on any atom is 0.315 e. The van der Waals surface area contributed by atoms with E-state index in [1.807, 2.05) is 146 Å². The summed E-state index contributed by atoms with van der Waals surface area (Å²) >= 11 is 0. The largest absolute Gasteiger partial charge is 0.494 e. The first-order chi connectivity index (χ1) is 57.7. The van der Waals surface area contributed by atoms with Gasteiger partial charge in [-0.3, -0.25) is 19.2 Å². The maximum absolute atomic E-state index is 15.1. The van der Waals surface area contributed by atoms with E-state index in [1.165, 1.54) is 0 Å². The van der Waals surface area contributed by atoms with Crippen LogP contribution >= 0.6 is 0 Å². The molecule has 10 aromatic carbocycles. The molecule has 14 rings (SSSR count). The SMILES string of the molecule is CCCCOc1ccc(C(C)CCOc2cc3c4cc(OCCC(C)c5ccc(OCCCC)cc5)c(OC(=O)C5CC5c5ccc(OCCCC)cc5)cc4c4cc(OC(=O)C5CC5c5ccc(OCCCC)cc5)c(OC(=O)C5CC5c5ccc(OCCCC)cc5)cc4c3cc2OC(=O)C2CC2c2ccc(OCCCC)cc2)cc1. The molecule has 4 fully saturated rings. The second-order valence-corrected chi connectivity index (χ2v) is 32.7. The molecular formula is C102H116O16. The Bertz CT molecular complexity index is 4700. The highest BCUT2D eigenvalue weighted by Gasteiger charge is 2.49. The Balaban J connectivity index is 0.885. The fourth-order valence-electron chi connectivity index (χ4n) is 15.7. The number of ether oxygens (including phenoxy) is 12. The van der Waals surface area contributed by atoms with Gasteiger partial charge in [0.2, 0.25) is 0 Å². The van der Waals surface area contributed by atoms with Crippen LogP contribution in [0.15, 0.2) is 182 Å². The van der Waals surface area contributed by atoms with E-state index in [2.05, 4.69) is 79.7 Å².